The Labute approximate surface area is 96.6 Å². The topological polar surface area (TPSA) is 63.6 Å². The van der Waals surface area contributed by atoms with Crippen molar-refractivity contribution in [3.05, 3.63) is 24.3 Å². The second-order valence-electron chi connectivity index (χ2n) is 4.53. The number of carbonyl (C=O) groups is 2. The molecule has 0 atom stereocenters. The number of hydrogen-bond acceptors (Lipinski definition) is 3. The lowest BCUT2D eigenvalue weighted by Crippen LogP contribution is -2.22. The highest BCUT2D eigenvalue weighted by atomic mass is 28.3. The summed E-state index contributed by atoms with van der Waals surface area (Å²) in [6.45, 7) is 7.03. The summed E-state index contributed by atoms with van der Waals surface area (Å²) in [4.78, 5) is 21.2. The quantitative estimate of drug-likeness (QED) is 0.335. The molecule has 5 heteroatoms. The molecule has 0 aliphatic carbocycles. The molecule has 0 aromatic rings. The van der Waals surface area contributed by atoms with Crippen LogP contribution in [-0.2, 0) is 14.3 Å². The molecule has 16 heavy (non-hydrogen) atoms. The van der Waals surface area contributed by atoms with Crippen LogP contribution in [0.4, 0.5) is 0 Å². The number of allylic oxidation sites excluding steroid dienone is 2. The summed E-state index contributed by atoms with van der Waals surface area (Å²) in [5, 5.41) is 8.28. The van der Waals surface area contributed by atoms with Gasteiger partial charge in [0.25, 0.3) is 0 Å². The molecular formula is C11H18O4Si. The van der Waals surface area contributed by atoms with Crippen molar-refractivity contribution in [2.75, 3.05) is 6.61 Å². The fourth-order valence-electron chi connectivity index (χ4n) is 0.778. The second-order valence-corrected chi connectivity index (χ2v) is 10.2. The molecule has 4 nitrogen and oxygen atoms in total. The van der Waals surface area contributed by atoms with Gasteiger partial charge in [0.15, 0.2) is 0 Å². The number of hydrogen-bond donors (Lipinski definition) is 1. The molecule has 90 valence electrons. The minimum absolute atomic E-state index is 0.432. The zero-order chi connectivity index (χ0) is 12.6. The van der Waals surface area contributed by atoms with E-state index in [1.807, 2.05) is 0 Å². The number of rotatable bonds is 6. The average molecular weight is 242 g/mol. The summed E-state index contributed by atoms with van der Waals surface area (Å²) in [7, 11) is -1.17. The largest absolute Gasteiger partial charge is 0.478 e. The van der Waals surface area contributed by atoms with Crippen LogP contribution < -0.4 is 0 Å². The Morgan fingerprint density at radius 2 is 1.75 bits per heavy atom. The standard InChI is InChI=1S/C11H18O4Si/c1-16(2,3)9-8-15-11(14)7-5-4-6-10(12)13/h4-7H,8-9H2,1-3H3,(H,12,13)/b6-4+,7-5+. The summed E-state index contributed by atoms with van der Waals surface area (Å²) in [6, 6.07) is 0.928. The Morgan fingerprint density at radius 1 is 1.19 bits per heavy atom. The maximum atomic E-state index is 11.1. The van der Waals surface area contributed by atoms with Crippen molar-refractivity contribution < 1.29 is 19.4 Å². The van der Waals surface area contributed by atoms with Crippen LogP contribution in [0.15, 0.2) is 24.3 Å². The molecule has 0 unspecified atom stereocenters. The molecule has 0 saturated heterocycles. The number of carbonyl (C=O) groups excluding carboxylic acids is 1. The van der Waals surface area contributed by atoms with Crippen molar-refractivity contribution in [1.29, 1.82) is 0 Å². The molecular weight excluding hydrogens is 224 g/mol. The monoisotopic (exact) mass is 242 g/mol. The van der Waals surface area contributed by atoms with E-state index >= 15 is 0 Å². The van der Waals surface area contributed by atoms with E-state index in [0.29, 0.717) is 6.61 Å². The van der Waals surface area contributed by atoms with Gasteiger partial charge in [0.1, 0.15) is 0 Å². The van der Waals surface area contributed by atoms with Gasteiger partial charge in [-0.15, -0.1) is 0 Å². The van der Waals surface area contributed by atoms with Crippen molar-refractivity contribution in [2.45, 2.75) is 25.7 Å². The first-order valence-corrected chi connectivity index (χ1v) is 8.76. The molecule has 0 bridgehead atoms. The Morgan fingerprint density at radius 3 is 2.25 bits per heavy atom. The molecule has 0 aromatic heterocycles. The molecule has 0 aliphatic heterocycles. The molecule has 0 amide bonds. The Hall–Kier alpha value is -1.36. The van der Waals surface area contributed by atoms with Crippen molar-refractivity contribution in [3.63, 3.8) is 0 Å². The van der Waals surface area contributed by atoms with Gasteiger partial charge in [-0.3, -0.25) is 0 Å². The SMILES string of the molecule is C[Si](C)(C)CCOC(=O)/C=C/C=C/C(=O)O. The van der Waals surface area contributed by atoms with Crippen LogP contribution in [-0.4, -0.2) is 31.7 Å². The minimum Gasteiger partial charge on any atom is -0.478 e. The van der Waals surface area contributed by atoms with E-state index in [1.165, 1.54) is 18.2 Å². The van der Waals surface area contributed by atoms with E-state index in [-0.39, 0.29) is 0 Å². The first kappa shape index (κ1) is 14.6. The van der Waals surface area contributed by atoms with Crippen LogP contribution in [0, 0.1) is 0 Å². The molecule has 0 saturated carbocycles. The fraction of sp³-hybridized carbons (Fsp3) is 0.455. The summed E-state index contributed by atoms with van der Waals surface area (Å²) in [5.41, 5.74) is 0. The summed E-state index contributed by atoms with van der Waals surface area (Å²) in [5.74, 6) is -1.48. The summed E-state index contributed by atoms with van der Waals surface area (Å²) >= 11 is 0. The molecule has 0 heterocycles. The number of carboxylic acids is 1. The minimum atomic E-state index is -1.17. The molecule has 0 radical (unpaired) electrons. The van der Waals surface area contributed by atoms with Gasteiger partial charge in [-0.1, -0.05) is 31.8 Å². The summed E-state index contributed by atoms with van der Waals surface area (Å²) in [6.07, 6.45) is 4.79. The van der Waals surface area contributed by atoms with Crippen LogP contribution in [0.2, 0.25) is 25.7 Å². The van der Waals surface area contributed by atoms with Gasteiger partial charge in [-0.2, -0.15) is 0 Å². The molecule has 0 fully saturated rings. The maximum Gasteiger partial charge on any atom is 0.330 e. The fourth-order valence-corrected chi connectivity index (χ4v) is 1.49. The Kier molecular flexibility index (Phi) is 6.40. The van der Waals surface area contributed by atoms with Crippen LogP contribution in [0.1, 0.15) is 0 Å². The van der Waals surface area contributed by atoms with Gasteiger partial charge in [0.05, 0.1) is 6.61 Å². The third-order valence-corrected chi connectivity index (χ3v) is 3.38. The average Bonchev–Trinajstić information content (AvgIpc) is 2.10. The van der Waals surface area contributed by atoms with Gasteiger partial charge in [0.2, 0.25) is 0 Å². The smallest absolute Gasteiger partial charge is 0.330 e. The number of ether oxygens (including phenoxy) is 1. The molecule has 0 rings (SSSR count). The highest BCUT2D eigenvalue weighted by Gasteiger charge is 2.12. The van der Waals surface area contributed by atoms with Gasteiger partial charge in [-0.25, -0.2) is 9.59 Å². The van der Waals surface area contributed by atoms with Gasteiger partial charge in [-0.05, 0) is 6.04 Å². The van der Waals surface area contributed by atoms with E-state index in [2.05, 4.69) is 19.6 Å². The normalized spacial score (nSPS) is 12.2. The van der Waals surface area contributed by atoms with Gasteiger partial charge in [0, 0.05) is 20.2 Å². The zero-order valence-corrected chi connectivity index (χ0v) is 10.9. The van der Waals surface area contributed by atoms with Gasteiger partial charge >= 0.3 is 11.9 Å². The molecule has 0 aromatic carbocycles. The van der Waals surface area contributed by atoms with Crippen molar-refractivity contribution in [1.82, 2.24) is 0 Å². The van der Waals surface area contributed by atoms with Gasteiger partial charge < -0.3 is 9.84 Å². The zero-order valence-electron chi connectivity index (χ0n) is 9.90. The number of aliphatic carboxylic acids is 1. The molecule has 0 aliphatic rings. The lowest BCUT2D eigenvalue weighted by molar-refractivity contribution is -0.137. The van der Waals surface area contributed by atoms with Crippen LogP contribution in [0.25, 0.3) is 0 Å². The predicted octanol–water partition coefficient (Wildman–Crippen LogP) is 2.06. The van der Waals surface area contributed by atoms with E-state index in [1.54, 1.807) is 0 Å². The maximum absolute atomic E-state index is 11.1. The van der Waals surface area contributed by atoms with Crippen LogP contribution >= 0.6 is 0 Å². The van der Waals surface area contributed by atoms with Crippen molar-refractivity contribution in [3.8, 4) is 0 Å². The van der Waals surface area contributed by atoms with E-state index in [4.69, 9.17) is 9.84 Å². The van der Waals surface area contributed by atoms with Crippen molar-refractivity contribution in [2.24, 2.45) is 0 Å². The Bertz CT molecular complexity index is 300. The first-order valence-electron chi connectivity index (χ1n) is 5.06. The highest BCUT2D eigenvalue weighted by Crippen LogP contribution is 2.07. The third-order valence-electron chi connectivity index (χ3n) is 1.68. The Balaban J connectivity index is 3.79. The summed E-state index contributed by atoms with van der Waals surface area (Å²) < 4.78 is 4.95. The first-order chi connectivity index (χ1) is 7.31. The highest BCUT2D eigenvalue weighted by molar-refractivity contribution is 6.76. The number of esters is 1. The predicted molar refractivity (Wildman–Crippen MR) is 65.0 cm³/mol. The van der Waals surface area contributed by atoms with E-state index in [0.717, 1.165) is 12.1 Å². The third kappa shape index (κ3) is 10.7. The second kappa shape index (κ2) is 7.00. The number of carboxylic acid groups (broad SMARTS) is 1. The van der Waals surface area contributed by atoms with E-state index < -0.39 is 20.0 Å². The molecule has 0 spiro atoms. The molecule has 1 N–H and O–H groups in total. The lowest BCUT2D eigenvalue weighted by Gasteiger charge is -2.14. The lowest BCUT2D eigenvalue weighted by atomic mass is 10.4. The van der Waals surface area contributed by atoms with Crippen LogP contribution in [0.3, 0.4) is 0 Å². The van der Waals surface area contributed by atoms with Crippen LogP contribution in [0.5, 0.6) is 0 Å². The van der Waals surface area contributed by atoms with Crippen molar-refractivity contribution >= 4 is 20.0 Å². The van der Waals surface area contributed by atoms with E-state index in [9.17, 15) is 9.59 Å².